The summed E-state index contributed by atoms with van der Waals surface area (Å²) in [5.74, 6) is 0.100. The van der Waals surface area contributed by atoms with Gasteiger partial charge in [0, 0.05) is 29.4 Å². The number of carbonyl (C=O) groups is 1. The Labute approximate surface area is 210 Å². The van der Waals surface area contributed by atoms with Crippen molar-refractivity contribution in [2.45, 2.75) is 43.3 Å². The van der Waals surface area contributed by atoms with E-state index in [1.54, 1.807) is 12.1 Å². The van der Waals surface area contributed by atoms with E-state index < -0.39 is 17.6 Å². The molecule has 2 aliphatic carbocycles. The van der Waals surface area contributed by atoms with Crippen LogP contribution in [0, 0.1) is 0 Å². The van der Waals surface area contributed by atoms with Crippen molar-refractivity contribution in [1.82, 2.24) is 30.0 Å². The van der Waals surface area contributed by atoms with Crippen molar-refractivity contribution in [3.8, 4) is 11.1 Å². The predicted molar refractivity (Wildman–Crippen MR) is 127 cm³/mol. The molecule has 2 aliphatic rings. The molecular weight excluding hydrogens is 507 g/mol. The number of halogens is 3. The number of hydrogen-bond acceptors (Lipinski definition) is 9. The minimum absolute atomic E-state index is 0.0741. The van der Waals surface area contributed by atoms with E-state index in [-0.39, 0.29) is 35.6 Å². The first kappa shape index (κ1) is 22.5. The average Bonchev–Trinajstić information content (AvgIpc) is 3.74. The lowest BCUT2D eigenvalue weighted by Gasteiger charge is -2.15. The summed E-state index contributed by atoms with van der Waals surface area (Å²) in [6.45, 7) is 0. The minimum Gasteiger partial charge on any atom is -0.383 e. The number of aromatic nitrogens is 6. The van der Waals surface area contributed by atoms with Crippen molar-refractivity contribution >= 4 is 45.5 Å². The standard InChI is InChI=1S/C23H18F3N9O3/c24-23(25,26)22(5-6-22)14-7-15(37-32-14)31-21(36)30-13-4-3-11(17-18(13)34-38-33-17)12-8-35(10-1-2-10)20-16(12)19(27)28-9-29-20/h3-4,7-10H,1-2,5-6H2,(H2,27,28,29)(H2,30,31,36). The van der Waals surface area contributed by atoms with E-state index >= 15 is 0 Å². The van der Waals surface area contributed by atoms with Crippen LogP contribution in [0.3, 0.4) is 0 Å². The molecule has 194 valence electrons. The number of fused-ring (bicyclic) bond motifs is 2. The van der Waals surface area contributed by atoms with E-state index in [1.807, 2.05) is 6.20 Å². The molecule has 15 heteroatoms. The van der Waals surface area contributed by atoms with E-state index in [1.165, 1.54) is 6.33 Å². The Bertz CT molecular complexity index is 1730. The lowest BCUT2D eigenvalue weighted by atomic mass is 10.0. The summed E-state index contributed by atoms with van der Waals surface area (Å²) in [5, 5.41) is 17.1. The van der Waals surface area contributed by atoms with Crippen LogP contribution < -0.4 is 16.4 Å². The predicted octanol–water partition coefficient (Wildman–Crippen LogP) is 4.78. The zero-order valence-corrected chi connectivity index (χ0v) is 19.4. The normalized spacial score (nSPS) is 16.7. The second kappa shape index (κ2) is 7.66. The number of carbonyl (C=O) groups excluding carboxylic acids is 1. The highest BCUT2D eigenvalue weighted by molar-refractivity contribution is 6.10. The van der Waals surface area contributed by atoms with Crippen LogP contribution in [0.5, 0.6) is 0 Å². The number of nitrogens with two attached hydrogens (primary N) is 1. The molecule has 4 heterocycles. The first-order chi connectivity index (χ1) is 18.2. The van der Waals surface area contributed by atoms with Gasteiger partial charge in [0.2, 0.25) is 5.88 Å². The number of urea groups is 1. The highest BCUT2D eigenvalue weighted by Gasteiger charge is 2.66. The third kappa shape index (κ3) is 3.38. The number of hydrogen-bond donors (Lipinski definition) is 3. The van der Waals surface area contributed by atoms with E-state index in [2.05, 4.69) is 40.6 Å². The topological polar surface area (TPSA) is 163 Å². The van der Waals surface area contributed by atoms with Crippen LogP contribution in [0.15, 0.2) is 39.9 Å². The van der Waals surface area contributed by atoms with Crippen molar-refractivity contribution in [1.29, 1.82) is 0 Å². The highest BCUT2D eigenvalue weighted by atomic mass is 19.4. The number of nitrogens with zero attached hydrogens (tertiary/aromatic N) is 6. The van der Waals surface area contributed by atoms with E-state index in [4.69, 9.17) is 14.9 Å². The fraction of sp³-hybridized carbons (Fsp3) is 0.304. The number of alkyl halides is 3. The van der Waals surface area contributed by atoms with E-state index in [0.29, 0.717) is 34.0 Å². The van der Waals surface area contributed by atoms with Crippen molar-refractivity contribution in [3.63, 3.8) is 0 Å². The fourth-order valence-electron chi connectivity index (χ4n) is 4.76. The van der Waals surface area contributed by atoms with Gasteiger partial charge in [0.05, 0.1) is 11.1 Å². The quantitative estimate of drug-likeness (QED) is 0.293. The molecule has 2 amide bonds. The zero-order valence-electron chi connectivity index (χ0n) is 19.4. The molecule has 4 aromatic heterocycles. The smallest absolute Gasteiger partial charge is 0.383 e. The van der Waals surface area contributed by atoms with Crippen molar-refractivity contribution in [2.75, 3.05) is 16.4 Å². The molecule has 0 saturated heterocycles. The first-order valence-electron chi connectivity index (χ1n) is 11.7. The maximum Gasteiger partial charge on any atom is 0.400 e. The number of rotatable bonds is 5. The summed E-state index contributed by atoms with van der Waals surface area (Å²) in [6, 6.07) is 3.98. The number of nitrogen functional groups attached to an aromatic ring is 1. The molecule has 38 heavy (non-hydrogen) atoms. The Morgan fingerprint density at radius 2 is 1.87 bits per heavy atom. The van der Waals surface area contributed by atoms with Crippen molar-refractivity contribution in [3.05, 3.63) is 36.4 Å². The van der Waals surface area contributed by atoms with Gasteiger partial charge < -0.3 is 20.1 Å². The summed E-state index contributed by atoms with van der Waals surface area (Å²) in [5.41, 5.74) is 6.92. The maximum absolute atomic E-state index is 13.3. The van der Waals surface area contributed by atoms with E-state index in [9.17, 15) is 18.0 Å². The van der Waals surface area contributed by atoms with Gasteiger partial charge in [-0.3, -0.25) is 5.32 Å². The summed E-state index contributed by atoms with van der Waals surface area (Å²) >= 11 is 0. The monoisotopic (exact) mass is 525 g/mol. The Hall–Kier alpha value is -4.69. The maximum atomic E-state index is 13.3. The number of amides is 2. The highest BCUT2D eigenvalue weighted by Crippen LogP contribution is 2.58. The molecular formula is C23H18F3N9O3. The van der Waals surface area contributed by atoms with Gasteiger partial charge in [-0.2, -0.15) is 13.2 Å². The van der Waals surface area contributed by atoms with Gasteiger partial charge in [0.15, 0.2) is 5.52 Å². The zero-order chi connectivity index (χ0) is 26.2. The van der Waals surface area contributed by atoms with Crippen LogP contribution in [0.4, 0.5) is 35.4 Å². The van der Waals surface area contributed by atoms with Gasteiger partial charge in [-0.05, 0) is 48.1 Å². The molecule has 0 atom stereocenters. The van der Waals surface area contributed by atoms with Crippen LogP contribution in [0.2, 0.25) is 0 Å². The Kier molecular flexibility index (Phi) is 4.54. The van der Waals surface area contributed by atoms with Crippen LogP contribution in [0.1, 0.15) is 37.4 Å². The van der Waals surface area contributed by atoms with Gasteiger partial charge >= 0.3 is 12.2 Å². The van der Waals surface area contributed by atoms with Crippen LogP contribution in [-0.4, -0.2) is 42.2 Å². The molecule has 0 spiro atoms. The SMILES string of the molecule is Nc1ncnc2c1c(-c1ccc(NC(=O)Nc3cc(C4(C(F)(F)F)CC4)no3)c3nonc13)cn2C1CC1. The summed E-state index contributed by atoms with van der Waals surface area (Å²) < 4.78 is 52.0. The first-order valence-corrected chi connectivity index (χ1v) is 11.7. The molecule has 0 bridgehead atoms. The molecule has 5 aromatic rings. The Morgan fingerprint density at radius 3 is 2.61 bits per heavy atom. The molecule has 4 N–H and O–H groups in total. The van der Waals surface area contributed by atoms with Gasteiger partial charge in [0.25, 0.3) is 0 Å². The van der Waals surface area contributed by atoms with Gasteiger partial charge in [0.1, 0.15) is 34.4 Å². The molecule has 2 saturated carbocycles. The largest absolute Gasteiger partial charge is 0.400 e. The second-order valence-corrected chi connectivity index (χ2v) is 9.50. The van der Waals surface area contributed by atoms with Crippen LogP contribution >= 0.6 is 0 Å². The number of nitrogens with one attached hydrogen (secondary N) is 2. The third-order valence-corrected chi connectivity index (χ3v) is 7.06. The van der Waals surface area contributed by atoms with Crippen molar-refractivity contribution in [2.24, 2.45) is 0 Å². The van der Waals surface area contributed by atoms with Gasteiger partial charge in [-0.25, -0.2) is 19.4 Å². The lowest BCUT2D eigenvalue weighted by Crippen LogP contribution is -2.28. The lowest BCUT2D eigenvalue weighted by molar-refractivity contribution is -0.161. The third-order valence-electron chi connectivity index (χ3n) is 7.06. The average molecular weight is 525 g/mol. The molecule has 0 aliphatic heterocycles. The molecule has 7 rings (SSSR count). The summed E-state index contributed by atoms with van der Waals surface area (Å²) in [7, 11) is 0. The number of anilines is 3. The second-order valence-electron chi connectivity index (χ2n) is 9.50. The van der Waals surface area contributed by atoms with Gasteiger partial charge in [-0.1, -0.05) is 5.16 Å². The minimum atomic E-state index is -4.45. The van der Waals surface area contributed by atoms with Crippen molar-refractivity contribution < 1.29 is 27.1 Å². The molecule has 0 unspecified atom stereocenters. The fourth-order valence-corrected chi connectivity index (χ4v) is 4.76. The Balaban J connectivity index is 1.18. The molecule has 0 radical (unpaired) electrons. The van der Waals surface area contributed by atoms with Crippen LogP contribution in [-0.2, 0) is 5.41 Å². The van der Waals surface area contributed by atoms with Gasteiger partial charge in [-0.15, -0.1) is 0 Å². The number of benzene rings is 1. The Morgan fingerprint density at radius 1 is 1.08 bits per heavy atom. The van der Waals surface area contributed by atoms with E-state index in [0.717, 1.165) is 24.5 Å². The summed E-state index contributed by atoms with van der Waals surface area (Å²) in [6.07, 6.45) is 0.852. The van der Waals surface area contributed by atoms with Crippen LogP contribution in [0.25, 0.3) is 33.2 Å². The summed E-state index contributed by atoms with van der Waals surface area (Å²) in [4.78, 5) is 21.2. The molecule has 2 fully saturated rings. The molecule has 12 nitrogen and oxygen atoms in total. The molecule has 1 aromatic carbocycles.